The van der Waals surface area contributed by atoms with Crippen LogP contribution in [0.2, 0.25) is 0 Å². The van der Waals surface area contributed by atoms with E-state index in [0.717, 1.165) is 9.39 Å². The number of hydrogen-bond donors (Lipinski definition) is 0. The molecular formula is C5H12INO. The van der Waals surface area contributed by atoms with E-state index in [2.05, 4.69) is 13.8 Å². The van der Waals surface area contributed by atoms with Crippen molar-refractivity contribution < 1.29 is 24.5 Å². The molecule has 0 bridgehead atoms. The Morgan fingerprint density at radius 3 is 2.38 bits per heavy atom. The standard InChI is InChI=1S/C5H12INO/c1-4-5(2)6-7(3)8/h5H,4H2,1-3H3. The average Bonchev–Trinajstić information content (AvgIpc) is 1.65. The van der Waals surface area contributed by atoms with Crippen LogP contribution in [-0.2, 0) is 0 Å². The van der Waals surface area contributed by atoms with Crippen molar-refractivity contribution in [3.63, 3.8) is 0 Å². The Balaban J connectivity index is 3.24. The van der Waals surface area contributed by atoms with E-state index in [4.69, 9.17) is 0 Å². The van der Waals surface area contributed by atoms with Crippen molar-refractivity contribution in [2.75, 3.05) is 7.05 Å². The number of hydrogen-bond acceptors (Lipinski definition) is 1. The van der Waals surface area contributed by atoms with Crippen molar-refractivity contribution in [3.8, 4) is 0 Å². The molecule has 50 valence electrons. The second kappa shape index (κ2) is 4.23. The first-order valence-corrected chi connectivity index (χ1v) is 4.92. The van der Waals surface area contributed by atoms with Gasteiger partial charge in [0.05, 0.1) is 0 Å². The summed E-state index contributed by atoms with van der Waals surface area (Å²) in [7, 11) is 1.61. The second-order valence-corrected chi connectivity index (χ2v) is 5.75. The maximum absolute atomic E-state index is 10.4. The Bertz CT molecular complexity index is 84.5. The third kappa shape index (κ3) is 4.49. The monoisotopic (exact) mass is 229 g/mol. The predicted molar refractivity (Wildman–Crippen MR) is 29.3 cm³/mol. The molecule has 0 saturated heterocycles. The maximum atomic E-state index is 10.4. The molecule has 0 N–H and O–H groups in total. The summed E-state index contributed by atoms with van der Waals surface area (Å²) in [6, 6.07) is 0. The van der Waals surface area contributed by atoms with Gasteiger partial charge in [-0.2, -0.15) is 0 Å². The van der Waals surface area contributed by atoms with Crippen molar-refractivity contribution in [3.05, 3.63) is 4.91 Å². The first-order chi connectivity index (χ1) is 3.66. The molecule has 0 aliphatic carbocycles. The summed E-state index contributed by atoms with van der Waals surface area (Å²) in [5.41, 5.74) is 0. The molecule has 0 aliphatic heterocycles. The zero-order valence-corrected chi connectivity index (χ0v) is 7.68. The molecule has 1 unspecified atom stereocenters. The van der Waals surface area contributed by atoms with E-state index >= 15 is 0 Å². The minimum absolute atomic E-state index is 0.220. The Labute approximate surface area is 60.8 Å². The molecule has 0 amide bonds. The summed E-state index contributed by atoms with van der Waals surface area (Å²) in [4.78, 5) is 10.4. The van der Waals surface area contributed by atoms with Crippen LogP contribution in [-0.4, -0.2) is 13.9 Å². The molecule has 0 saturated carbocycles. The molecule has 0 aliphatic rings. The van der Waals surface area contributed by atoms with E-state index in [1.165, 1.54) is 0 Å². The van der Waals surface area contributed by atoms with Gasteiger partial charge in [-0.15, -0.1) is 0 Å². The van der Waals surface area contributed by atoms with Gasteiger partial charge in [0.25, 0.3) is 0 Å². The topological polar surface area (TPSA) is 20.1 Å². The summed E-state index contributed by atoms with van der Waals surface area (Å²) in [5, 5.41) is 0. The number of halogens is 1. The Morgan fingerprint density at radius 1 is 1.75 bits per heavy atom. The number of nitrogens with zero attached hydrogens (tertiary/aromatic N) is 1. The molecule has 0 aromatic rings. The van der Waals surface area contributed by atoms with Gasteiger partial charge in [-0.25, -0.2) is 0 Å². The van der Waals surface area contributed by atoms with Gasteiger partial charge in [0, 0.05) is 0 Å². The van der Waals surface area contributed by atoms with Crippen LogP contribution in [0.25, 0.3) is 0 Å². The van der Waals surface area contributed by atoms with Crippen LogP contribution >= 0.6 is 0 Å². The van der Waals surface area contributed by atoms with Gasteiger partial charge in [-0.3, -0.25) is 0 Å². The molecule has 0 radical (unpaired) electrons. The number of rotatable bonds is 3. The Morgan fingerprint density at radius 2 is 2.25 bits per heavy atom. The van der Waals surface area contributed by atoms with E-state index in [1.807, 2.05) is 0 Å². The van der Waals surface area contributed by atoms with E-state index < -0.39 is 0 Å². The molecule has 0 aromatic carbocycles. The Hall–Kier alpha value is 0.330. The first-order valence-electron chi connectivity index (χ1n) is 2.71. The minimum atomic E-state index is -0.220. The van der Waals surface area contributed by atoms with Crippen molar-refractivity contribution in [2.45, 2.75) is 24.2 Å². The van der Waals surface area contributed by atoms with Crippen LogP contribution in [0.3, 0.4) is 0 Å². The van der Waals surface area contributed by atoms with Crippen LogP contribution in [0.4, 0.5) is 0 Å². The van der Waals surface area contributed by atoms with Crippen molar-refractivity contribution in [1.82, 2.24) is 0 Å². The van der Waals surface area contributed by atoms with E-state index in [1.54, 1.807) is 7.05 Å². The third-order valence-corrected chi connectivity index (χ3v) is 3.48. The molecule has 8 heavy (non-hydrogen) atoms. The fourth-order valence-electron chi connectivity index (χ4n) is 0.304. The zero-order valence-electron chi connectivity index (χ0n) is 5.52. The quantitative estimate of drug-likeness (QED) is 0.317. The average molecular weight is 229 g/mol. The van der Waals surface area contributed by atoms with Crippen LogP contribution in [0.15, 0.2) is 0 Å². The van der Waals surface area contributed by atoms with Gasteiger partial charge in [0.15, 0.2) is 0 Å². The molecule has 0 aromatic heterocycles. The van der Waals surface area contributed by atoms with Gasteiger partial charge >= 0.3 is 60.6 Å². The van der Waals surface area contributed by atoms with E-state index in [0.29, 0.717) is 3.92 Å². The molecule has 0 heterocycles. The van der Waals surface area contributed by atoms with Crippen molar-refractivity contribution in [2.24, 2.45) is 0 Å². The number of nitroso groups, excluding NO2 is 1. The van der Waals surface area contributed by atoms with Gasteiger partial charge in [-0.05, 0) is 0 Å². The molecule has 2 nitrogen and oxygen atoms in total. The van der Waals surface area contributed by atoms with Crippen LogP contribution < -0.4 is 21.5 Å². The van der Waals surface area contributed by atoms with Crippen molar-refractivity contribution >= 4 is 0 Å². The van der Waals surface area contributed by atoms with Gasteiger partial charge in [0.2, 0.25) is 0 Å². The molecule has 0 rings (SSSR count). The van der Waals surface area contributed by atoms with Crippen molar-refractivity contribution in [1.29, 1.82) is 0 Å². The molecule has 0 spiro atoms. The molecule has 0 fully saturated rings. The summed E-state index contributed by atoms with van der Waals surface area (Å²) in [6.45, 7) is 4.25. The van der Waals surface area contributed by atoms with Crippen LogP contribution in [0, 0.1) is 4.91 Å². The SMILES string of the molecule is CCC(C)[I-][N+](C)=O. The van der Waals surface area contributed by atoms with Crippen LogP contribution in [0.1, 0.15) is 20.3 Å². The van der Waals surface area contributed by atoms with E-state index in [9.17, 15) is 4.91 Å². The summed E-state index contributed by atoms with van der Waals surface area (Å²) >= 11 is -0.220. The normalized spacial score (nSPS) is 13.9. The second-order valence-electron chi connectivity index (χ2n) is 1.71. The molecule has 1 atom stereocenters. The van der Waals surface area contributed by atoms with E-state index in [-0.39, 0.29) is 21.5 Å². The summed E-state index contributed by atoms with van der Waals surface area (Å²) in [6.07, 6.45) is 1.14. The van der Waals surface area contributed by atoms with Crippen LogP contribution in [0.5, 0.6) is 0 Å². The van der Waals surface area contributed by atoms with Gasteiger partial charge in [-0.1, -0.05) is 0 Å². The molecule has 3 heteroatoms. The fourth-order valence-corrected chi connectivity index (χ4v) is 2.04. The summed E-state index contributed by atoms with van der Waals surface area (Å²) < 4.78 is 1.74. The Kier molecular flexibility index (Phi) is 4.41. The summed E-state index contributed by atoms with van der Waals surface area (Å²) in [5.74, 6) is 0. The zero-order chi connectivity index (χ0) is 6.57. The van der Waals surface area contributed by atoms with Gasteiger partial charge < -0.3 is 0 Å². The third-order valence-electron chi connectivity index (χ3n) is 0.867. The molecular weight excluding hydrogens is 217 g/mol. The first kappa shape index (κ1) is 8.33. The van der Waals surface area contributed by atoms with Gasteiger partial charge in [0.1, 0.15) is 0 Å². The predicted octanol–water partition coefficient (Wildman–Crippen LogP) is -1.80. The fraction of sp³-hybridized carbons (Fsp3) is 1.00. The number of alkyl halides is 1.